The Balaban J connectivity index is 3.17. The summed E-state index contributed by atoms with van der Waals surface area (Å²) in [5.41, 5.74) is 1.17. The third-order valence-electron chi connectivity index (χ3n) is 2.41. The highest BCUT2D eigenvalue weighted by atomic mass is 32.2. The molecule has 0 aliphatic rings. The lowest BCUT2D eigenvalue weighted by Gasteiger charge is -2.16. The van der Waals surface area contributed by atoms with Crippen molar-refractivity contribution in [2.45, 2.75) is 12.2 Å². The number of benzene rings is 1. The van der Waals surface area contributed by atoms with E-state index in [2.05, 4.69) is 0 Å². The number of carbonyl (C=O) groups excluding carboxylic acids is 2. The Bertz CT molecular complexity index is 431. The lowest BCUT2D eigenvalue weighted by molar-refractivity contribution is -0.142. The lowest BCUT2D eigenvalue weighted by atomic mass is 10.1. The number of thioether (sulfide) groups is 1. The highest BCUT2D eigenvalue weighted by molar-refractivity contribution is 7.99. The van der Waals surface area contributed by atoms with Crippen molar-refractivity contribution in [3.05, 3.63) is 29.3 Å². The summed E-state index contributed by atoms with van der Waals surface area (Å²) < 4.78 is 10.2. The standard InChI is InChI=1S/C13H16O4S/c1-4-17-13(15)12(18-3)10-7-9(8-14)5-6-11(10)16-2/h5-8,12H,4H2,1-3H3/t12-/m0/s1. The fraction of sp³-hybridized carbons (Fsp3) is 0.385. The predicted molar refractivity (Wildman–Crippen MR) is 71.3 cm³/mol. The molecule has 0 radical (unpaired) electrons. The molecule has 1 aromatic carbocycles. The monoisotopic (exact) mass is 268 g/mol. The number of ether oxygens (including phenoxy) is 2. The predicted octanol–water partition coefficient (Wildman–Crippen LogP) is 2.47. The lowest BCUT2D eigenvalue weighted by Crippen LogP contribution is -2.14. The fourth-order valence-electron chi connectivity index (χ4n) is 1.60. The van der Waals surface area contributed by atoms with Crippen LogP contribution in [0, 0.1) is 0 Å². The van der Waals surface area contributed by atoms with Crippen molar-refractivity contribution < 1.29 is 19.1 Å². The SMILES string of the molecule is CCOC(=O)[C@@H](SC)c1cc(C=O)ccc1OC. The Hall–Kier alpha value is -1.49. The summed E-state index contributed by atoms with van der Waals surface area (Å²) in [6.45, 7) is 2.08. The zero-order valence-corrected chi connectivity index (χ0v) is 11.5. The van der Waals surface area contributed by atoms with Crippen LogP contribution in [0.3, 0.4) is 0 Å². The van der Waals surface area contributed by atoms with Gasteiger partial charge < -0.3 is 9.47 Å². The van der Waals surface area contributed by atoms with Gasteiger partial charge in [-0.3, -0.25) is 9.59 Å². The second-order valence-corrected chi connectivity index (χ2v) is 4.43. The van der Waals surface area contributed by atoms with E-state index in [0.29, 0.717) is 23.5 Å². The van der Waals surface area contributed by atoms with E-state index in [1.807, 2.05) is 6.26 Å². The van der Waals surface area contributed by atoms with Crippen LogP contribution in [0.5, 0.6) is 5.75 Å². The van der Waals surface area contributed by atoms with Crippen LogP contribution in [0.2, 0.25) is 0 Å². The van der Waals surface area contributed by atoms with Crippen LogP contribution in [0.4, 0.5) is 0 Å². The summed E-state index contributed by atoms with van der Waals surface area (Å²) in [6.07, 6.45) is 2.56. The van der Waals surface area contributed by atoms with Crippen molar-refractivity contribution in [2.24, 2.45) is 0 Å². The molecule has 1 aromatic rings. The summed E-state index contributed by atoms with van der Waals surface area (Å²) in [4.78, 5) is 22.7. The molecule has 1 rings (SSSR count). The Labute approximate surface area is 111 Å². The van der Waals surface area contributed by atoms with Gasteiger partial charge in [-0.1, -0.05) is 0 Å². The maximum Gasteiger partial charge on any atom is 0.323 e. The smallest absolute Gasteiger partial charge is 0.323 e. The van der Waals surface area contributed by atoms with Gasteiger partial charge in [0.2, 0.25) is 0 Å². The van der Waals surface area contributed by atoms with Gasteiger partial charge in [0.1, 0.15) is 17.3 Å². The van der Waals surface area contributed by atoms with E-state index in [0.717, 1.165) is 6.29 Å². The number of aldehydes is 1. The second kappa shape index (κ2) is 7.06. The van der Waals surface area contributed by atoms with Crippen molar-refractivity contribution in [1.82, 2.24) is 0 Å². The van der Waals surface area contributed by atoms with Crippen LogP contribution in [-0.2, 0) is 9.53 Å². The van der Waals surface area contributed by atoms with Gasteiger partial charge >= 0.3 is 5.97 Å². The van der Waals surface area contributed by atoms with Crippen LogP contribution in [0.15, 0.2) is 18.2 Å². The largest absolute Gasteiger partial charge is 0.496 e. The molecule has 98 valence electrons. The van der Waals surface area contributed by atoms with Gasteiger partial charge in [0.15, 0.2) is 0 Å². The second-order valence-electron chi connectivity index (χ2n) is 3.49. The Morgan fingerprint density at radius 2 is 2.22 bits per heavy atom. The minimum absolute atomic E-state index is 0.325. The average molecular weight is 268 g/mol. The number of hydrogen-bond acceptors (Lipinski definition) is 5. The Kier molecular flexibility index (Phi) is 5.71. The summed E-state index contributed by atoms with van der Waals surface area (Å²) in [5.74, 6) is 0.249. The Morgan fingerprint density at radius 1 is 1.50 bits per heavy atom. The molecule has 5 heteroatoms. The van der Waals surface area contributed by atoms with E-state index in [1.54, 1.807) is 25.1 Å². The third-order valence-corrected chi connectivity index (χ3v) is 3.33. The molecule has 0 saturated heterocycles. The third kappa shape index (κ3) is 3.26. The first-order valence-corrected chi connectivity index (χ1v) is 6.79. The molecule has 0 spiro atoms. The van der Waals surface area contributed by atoms with Gasteiger partial charge in [0, 0.05) is 11.1 Å². The van der Waals surface area contributed by atoms with Gasteiger partial charge in [-0.05, 0) is 31.4 Å². The van der Waals surface area contributed by atoms with Crippen LogP contribution >= 0.6 is 11.8 Å². The molecule has 0 bridgehead atoms. The first kappa shape index (κ1) is 14.6. The van der Waals surface area contributed by atoms with Crippen molar-refractivity contribution in [1.29, 1.82) is 0 Å². The molecule has 0 aromatic heterocycles. The zero-order chi connectivity index (χ0) is 13.5. The average Bonchev–Trinajstić information content (AvgIpc) is 2.39. The first-order valence-electron chi connectivity index (χ1n) is 5.50. The molecule has 4 nitrogen and oxygen atoms in total. The van der Waals surface area contributed by atoms with Crippen molar-refractivity contribution in [3.8, 4) is 5.75 Å². The van der Waals surface area contributed by atoms with Gasteiger partial charge in [-0.2, -0.15) is 0 Å². The van der Waals surface area contributed by atoms with Crippen LogP contribution in [0.25, 0.3) is 0 Å². The molecule has 0 fully saturated rings. The topological polar surface area (TPSA) is 52.6 Å². The number of carbonyl (C=O) groups is 2. The summed E-state index contributed by atoms with van der Waals surface area (Å²) in [6, 6.07) is 4.99. The number of hydrogen-bond donors (Lipinski definition) is 0. The molecule has 1 atom stereocenters. The van der Waals surface area contributed by atoms with E-state index in [1.165, 1.54) is 18.9 Å². The van der Waals surface area contributed by atoms with Crippen molar-refractivity contribution >= 4 is 24.0 Å². The van der Waals surface area contributed by atoms with Gasteiger partial charge in [0.25, 0.3) is 0 Å². The highest BCUT2D eigenvalue weighted by Gasteiger charge is 2.24. The number of rotatable bonds is 6. The zero-order valence-electron chi connectivity index (χ0n) is 10.6. The van der Waals surface area contributed by atoms with Gasteiger partial charge in [0.05, 0.1) is 13.7 Å². The fourth-order valence-corrected chi connectivity index (χ4v) is 2.30. The normalized spacial score (nSPS) is 11.7. The Morgan fingerprint density at radius 3 is 2.72 bits per heavy atom. The van der Waals surface area contributed by atoms with Crippen LogP contribution < -0.4 is 4.74 Å². The van der Waals surface area contributed by atoms with Crippen molar-refractivity contribution in [2.75, 3.05) is 20.0 Å². The maximum atomic E-state index is 11.9. The van der Waals surface area contributed by atoms with E-state index in [-0.39, 0.29) is 5.97 Å². The van der Waals surface area contributed by atoms with E-state index >= 15 is 0 Å². The molecule has 0 unspecified atom stereocenters. The van der Waals surface area contributed by atoms with E-state index in [9.17, 15) is 9.59 Å². The van der Waals surface area contributed by atoms with E-state index in [4.69, 9.17) is 9.47 Å². The minimum atomic E-state index is -0.486. The van der Waals surface area contributed by atoms with Crippen LogP contribution in [0.1, 0.15) is 28.1 Å². The molecule has 0 amide bonds. The maximum absolute atomic E-state index is 11.9. The number of esters is 1. The number of methoxy groups -OCH3 is 1. The van der Waals surface area contributed by atoms with Gasteiger partial charge in [-0.25, -0.2) is 0 Å². The highest BCUT2D eigenvalue weighted by Crippen LogP contribution is 2.35. The molecule has 0 aliphatic heterocycles. The van der Waals surface area contributed by atoms with E-state index < -0.39 is 5.25 Å². The molecule has 0 heterocycles. The summed E-state index contributed by atoms with van der Waals surface area (Å²) in [5, 5.41) is -0.486. The minimum Gasteiger partial charge on any atom is -0.496 e. The molecule has 0 saturated carbocycles. The molecule has 18 heavy (non-hydrogen) atoms. The molecule has 0 aliphatic carbocycles. The molecule has 0 N–H and O–H groups in total. The summed E-state index contributed by atoms with van der Waals surface area (Å²) in [7, 11) is 1.53. The summed E-state index contributed by atoms with van der Waals surface area (Å²) >= 11 is 1.35. The van der Waals surface area contributed by atoms with Crippen LogP contribution in [-0.4, -0.2) is 32.2 Å². The molecular formula is C13H16O4S. The quantitative estimate of drug-likeness (QED) is 0.586. The van der Waals surface area contributed by atoms with Crippen molar-refractivity contribution in [3.63, 3.8) is 0 Å². The molecular weight excluding hydrogens is 252 g/mol. The first-order chi connectivity index (χ1) is 8.67. The van der Waals surface area contributed by atoms with Gasteiger partial charge in [-0.15, -0.1) is 11.8 Å².